The minimum absolute atomic E-state index is 0.326. The highest BCUT2D eigenvalue weighted by Crippen LogP contribution is 2.25. The molecule has 2 N–H and O–H groups in total. The summed E-state index contributed by atoms with van der Waals surface area (Å²) in [6.45, 7) is 0.603. The van der Waals surface area contributed by atoms with Crippen molar-refractivity contribution in [1.29, 1.82) is 0 Å². The molecule has 2 aromatic rings. The predicted octanol–water partition coefficient (Wildman–Crippen LogP) is 5.01. The Hall–Kier alpha value is -0.730. The third-order valence-corrected chi connectivity index (χ3v) is 4.42. The Labute approximate surface area is 134 Å². The van der Waals surface area contributed by atoms with Crippen LogP contribution in [0.3, 0.4) is 0 Å². The van der Waals surface area contributed by atoms with Crippen molar-refractivity contribution in [3.05, 3.63) is 68.7 Å². The Kier molecular flexibility index (Phi) is 5.74. The van der Waals surface area contributed by atoms with E-state index in [4.69, 9.17) is 40.5 Å². The van der Waals surface area contributed by atoms with Crippen LogP contribution in [0.2, 0.25) is 15.1 Å². The Morgan fingerprint density at radius 3 is 2.25 bits per heavy atom. The van der Waals surface area contributed by atoms with Gasteiger partial charge < -0.3 is 5.73 Å². The molecule has 0 amide bonds. The average Bonchev–Trinajstić information content (AvgIpc) is 2.44. The number of rotatable bonds is 5. The van der Waals surface area contributed by atoms with Gasteiger partial charge in [0.2, 0.25) is 0 Å². The molecule has 0 heterocycles. The topological polar surface area (TPSA) is 26.0 Å². The molecule has 1 nitrogen and oxygen atoms in total. The van der Waals surface area contributed by atoms with Crippen molar-refractivity contribution in [3.63, 3.8) is 0 Å². The molecule has 2 rings (SSSR count). The van der Waals surface area contributed by atoms with Gasteiger partial charge in [0.1, 0.15) is 0 Å². The van der Waals surface area contributed by atoms with Crippen LogP contribution in [0, 0.1) is 5.92 Å². The molecule has 4 heteroatoms. The van der Waals surface area contributed by atoms with Crippen LogP contribution >= 0.6 is 34.8 Å². The van der Waals surface area contributed by atoms with Crippen molar-refractivity contribution in [2.24, 2.45) is 11.7 Å². The second kappa shape index (κ2) is 7.33. The summed E-state index contributed by atoms with van der Waals surface area (Å²) in [4.78, 5) is 0. The van der Waals surface area contributed by atoms with Crippen molar-refractivity contribution in [2.45, 2.75) is 12.8 Å². The Morgan fingerprint density at radius 2 is 1.60 bits per heavy atom. The fraction of sp³-hybridized carbons (Fsp3) is 0.250. The lowest BCUT2D eigenvalue weighted by molar-refractivity contribution is 0.533. The molecule has 0 radical (unpaired) electrons. The van der Waals surface area contributed by atoms with Gasteiger partial charge in [-0.15, -0.1) is 0 Å². The average molecular weight is 329 g/mol. The molecule has 106 valence electrons. The fourth-order valence-corrected chi connectivity index (χ4v) is 2.75. The molecule has 20 heavy (non-hydrogen) atoms. The molecule has 0 aromatic heterocycles. The van der Waals surface area contributed by atoms with E-state index in [1.54, 1.807) is 0 Å². The van der Waals surface area contributed by atoms with Crippen LogP contribution in [-0.2, 0) is 12.8 Å². The molecule has 0 aliphatic heterocycles. The first-order valence-electron chi connectivity index (χ1n) is 6.47. The van der Waals surface area contributed by atoms with Gasteiger partial charge in [-0.05, 0) is 54.6 Å². The zero-order valence-corrected chi connectivity index (χ0v) is 13.2. The summed E-state index contributed by atoms with van der Waals surface area (Å²) >= 11 is 18.2. The predicted molar refractivity (Wildman–Crippen MR) is 87.9 cm³/mol. The lowest BCUT2D eigenvalue weighted by atomic mass is 9.92. The smallest absolute Gasteiger partial charge is 0.0595 e. The summed E-state index contributed by atoms with van der Waals surface area (Å²) < 4.78 is 0. The van der Waals surface area contributed by atoms with Gasteiger partial charge in [0.25, 0.3) is 0 Å². The van der Waals surface area contributed by atoms with Crippen molar-refractivity contribution in [1.82, 2.24) is 0 Å². The summed E-state index contributed by atoms with van der Waals surface area (Å²) in [7, 11) is 0. The van der Waals surface area contributed by atoms with Gasteiger partial charge in [-0.1, -0.05) is 59.1 Å². The minimum atomic E-state index is 0.326. The van der Waals surface area contributed by atoms with E-state index < -0.39 is 0 Å². The maximum atomic E-state index is 6.19. The van der Waals surface area contributed by atoms with Crippen LogP contribution in [0.25, 0.3) is 0 Å². The molecule has 0 saturated heterocycles. The molecule has 1 unspecified atom stereocenters. The lowest BCUT2D eigenvalue weighted by Gasteiger charge is -2.16. The van der Waals surface area contributed by atoms with Gasteiger partial charge >= 0.3 is 0 Å². The highest BCUT2D eigenvalue weighted by molar-refractivity contribution is 6.42. The maximum Gasteiger partial charge on any atom is 0.0595 e. The van der Waals surface area contributed by atoms with Crippen molar-refractivity contribution in [3.8, 4) is 0 Å². The molecule has 1 atom stereocenters. The first kappa shape index (κ1) is 15.7. The van der Waals surface area contributed by atoms with Gasteiger partial charge in [-0.2, -0.15) is 0 Å². The second-order valence-electron chi connectivity index (χ2n) is 4.85. The Morgan fingerprint density at radius 1 is 0.850 bits per heavy atom. The third kappa shape index (κ3) is 4.13. The summed E-state index contributed by atoms with van der Waals surface area (Å²) in [5.74, 6) is 0.326. The van der Waals surface area contributed by atoms with Gasteiger partial charge in [0.15, 0.2) is 0 Å². The first-order valence-corrected chi connectivity index (χ1v) is 7.61. The standard InChI is InChI=1S/C16H16Cl3N/c17-14-4-2-1-3-13(14)8-12(10-20)7-11-5-6-15(18)16(19)9-11/h1-6,9,12H,7-8,10,20H2. The molecule has 0 aliphatic carbocycles. The SMILES string of the molecule is NCC(Cc1ccc(Cl)c(Cl)c1)Cc1ccccc1Cl. The van der Waals surface area contributed by atoms with Crippen molar-refractivity contribution < 1.29 is 0 Å². The van der Waals surface area contributed by atoms with Crippen LogP contribution in [0.15, 0.2) is 42.5 Å². The Bertz CT molecular complexity index is 584. The molecule has 0 bridgehead atoms. The van der Waals surface area contributed by atoms with Crippen LogP contribution in [-0.4, -0.2) is 6.54 Å². The van der Waals surface area contributed by atoms with Crippen molar-refractivity contribution in [2.75, 3.05) is 6.54 Å². The van der Waals surface area contributed by atoms with Gasteiger partial charge in [-0.3, -0.25) is 0 Å². The molecular formula is C16H16Cl3N. The quantitative estimate of drug-likeness (QED) is 0.820. The normalized spacial score (nSPS) is 12.4. The number of hydrogen-bond donors (Lipinski definition) is 1. The van der Waals surface area contributed by atoms with Crippen LogP contribution < -0.4 is 5.73 Å². The summed E-state index contributed by atoms with van der Waals surface area (Å²) in [6, 6.07) is 13.6. The largest absolute Gasteiger partial charge is 0.330 e. The number of benzene rings is 2. The van der Waals surface area contributed by atoms with Crippen LogP contribution in [0.4, 0.5) is 0 Å². The van der Waals surface area contributed by atoms with E-state index in [0.717, 1.165) is 29.0 Å². The summed E-state index contributed by atoms with van der Waals surface area (Å²) in [6.07, 6.45) is 1.72. The highest BCUT2D eigenvalue weighted by Gasteiger charge is 2.12. The molecule has 0 saturated carbocycles. The molecule has 2 aromatic carbocycles. The molecule has 0 fully saturated rings. The summed E-state index contributed by atoms with van der Waals surface area (Å²) in [5.41, 5.74) is 8.15. The van der Waals surface area contributed by atoms with E-state index in [0.29, 0.717) is 22.5 Å². The van der Waals surface area contributed by atoms with Gasteiger partial charge in [-0.25, -0.2) is 0 Å². The van der Waals surface area contributed by atoms with Crippen LogP contribution in [0.1, 0.15) is 11.1 Å². The lowest BCUT2D eigenvalue weighted by Crippen LogP contribution is -2.19. The van der Waals surface area contributed by atoms with Gasteiger partial charge in [0, 0.05) is 5.02 Å². The van der Waals surface area contributed by atoms with E-state index in [2.05, 4.69) is 0 Å². The summed E-state index contributed by atoms with van der Waals surface area (Å²) in [5, 5.41) is 1.95. The fourth-order valence-electron chi connectivity index (χ4n) is 2.21. The molecule has 0 aliphatic rings. The van der Waals surface area contributed by atoms with Crippen LogP contribution in [0.5, 0.6) is 0 Å². The van der Waals surface area contributed by atoms with Gasteiger partial charge in [0.05, 0.1) is 10.0 Å². The molecule has 0 spiro atoms. The monoisotopic (exact) mass is 327 g/mol. The zero-order chi connectivity index (χ0) is 14.5. The van der Waals surface area contributed by atoms with E-state index in [1.165, 1.54) is 0 Å². The van der Waals surface area contributed by atoms with E-state index in [-0.39, 0.29) is 0 Å². The van der Waals surface area contributed by atoms with E-state index in [9.17, 15) is 0 Å². The van der Waals surface area contributed by atoms with E-state index in [1.807, 2.05) is 42.5 Å². The maximum absolute atomic E-state index is 6.19. The minimum Gasteiger partial charge on any atom is -0.330 e. The number of nitrogens with two attached hydrogens (primary N) is 1. The number of hydrogen-bond acceptors (Lipinski definition) is 1. The van der Waals surface area contributed by atoms with E-state index >= 15 is 0 Å². The number of halogens is 3. The second-order valence-corrected chi connectivity index (χ2v) is 6.07. The highest BCUT2D eigenvalue weighted by atomic mass is 35.5. The zero-order valence-electron chi connectivity index (χ0n) is 11.0. The first-order chi connectivity index (χ1) is 9.60. The third-order valence-electron chi connectivity index (χ3n) is 3.31. The van der Waals surface area contributed by atoms with Crippen molar-refractivity contribution >= 4 is 34.8 Å². The Balaban J connectivity index is 2.09. The molecular weight excluding hydrogens is 313 g/mol.